The van der Waals surface area contributed by atoms with Crippen LogP contribution in [0.25, 0.3) is 22.2 Å². The molecule has 4 N–H and O–H groups in total. The lowest BCUT2D eigenvalue weighted by Crippen LogP contribution is -2.48. The van der Waals surface area contributed by atoms with E-state index < -0.39 is 0 Å². The third-order valence-corrected chi connectivity index (χ3v) is 10.8. The first-order valence-corrected chi connectivity index (χ1v) is 19.9. The predicted octanol–water partition coefficient (Wildman–Crippen LogP) is 6.37. The summed E-state index contributed by atoms with van der Waals surface area (Å²) in [5, 5.41) is 18.8. The predicted molar refractivity (Wildman–Crippen MR) is 218 cm³/mol. The molecule has 56 heavy (non-hydrogen) atoms. The zero-order valence-corrected chi connectivity index (χ0v) is 32.9. The van der Waals surface area contributed by atoms with E-state index in [0.717, 1.165) is 89.3 Å². The molecule has 5 aromatic rings. The number of aryl methyl sites for hydroxylation is 3. The number of pyridine rings is 1. The minimum atomic E-state index is -0.320. The summed E-state index contributed by atoms with van der Waals surface area (Å²) in [4.78, 5) is 34.6. The maximum atomic E-state index is 15.2. The summed E-state index contributed by atoms with van der Waals surface area (Å²) in [6.45, 7) is 14.4. The van der Waals surface area contributed by atoms with Crippen LogP contribution in [0.15, 0.2) is 66.9 Å². The fourth-order valence-electron chi connectivity index (χ4n) is 7.86. The number of anilines is 1. The van der Waals surface area contributed by atoms with Crippen molar-refractivity contribution in [2.45, 2.75) is 85.2 Å². The van der Waals surface area contributed by atoms with Gasteiger partial charge in [0.1, 0.15) is 5.82 Å². The Morgan fingerprint density at radius 3 is 2.46 bits per heavy atom. The van der Waals surface area contributed by atoms with Gasteiger partial charge < -0.3 is 26.0 Å². The molecular formula is C44H53FN8O3. The summed E-state index contributed by atoms with van der Waals surface area (Å²) < 4.78 is 22.7. The molecule has 0 radical (unpaired) electrons. The van der Waals surface area contributed by atoms with Crippen LogP contribution in [0.3, 0.4) is 0 Å². The van der Waals surface area contributed by atoms with E-state index in [1.807, 2.05) is 42.9 Å². The Kier molecular flexibility index (Phi) is 12.4. The zero-order chi connectivity index (χ0) is 39.2. The normalized spacial score (nSPS) is 16.6. The molecule has 2 saturated heterocycles. The van der Waals surface area contributed by atoms with Crippen molar-refractivity contribution in [2.24, 2.45) is 0 Å². The number of halogens is 1. The highest BCUT2D eigenvalue weighted by molar-refractivity contribution is 6.00. The molecule has 0 bridgehead atoms. The van der Waals surface area contributed by atoms with Gasteiger partial charge in [-0.3, -0.25) is 14.5 Å². The van der Waals surface area contributed by atoms with E-state index in [-0.39, 0.29) is 36.8 Å². The minimum Gasteiger partial charge on any atom is -0.381 e. The summed E-state index contributed by atoms with van der Waals surface area (Å²) in [6.07, 6.45) is 4.31. The number of hydrogen-bond donors (Lipinski definition) is 4. The average Bonchev–Trinajstić information content (AvgIpc) is 3.63. The van der Waals surface area contributed by atoms with Gasteiger partial charge in [-0.1, -0.05) is 31.2 Å². The number of fused-ring (bicyclic) bond motifs is 1. The van der Waals surface area contributed by atoms with Gasteiger partial charge in [0.05, 0.1) is 17.3 Å². The Morgan fingerprint density at radius 1 is 0.964 bits per heavy atom. The van der Waals surface area contributed by atoms with E-state index in [1.165, 1.54) is 6.07 Å². The van der Waals surface area contributed by atoms with E-state index in [9.17, 15) is 9.59 Å². The van der Waals surface area contributed by atoms with Gasteiger partial charge in [0.25, 0.3) is 11.8 Å². The van der Waals surface area contributed by atoms with Gasteiger partial charge in [-0.15, -0.1) is 0 Å². The van der Waals surface area contributed by atoms with Crippen molar-refractivity contribution in [3.63, 3.8) is 0 Å². The lowest BCUT2D eigenvalue weighted by molar-refractivity contribution is 0.0904. The molecule has 2 aliphatic rings. The highest BCUT2D eigenvalue weighted by atomic mass is 19.1. The molecule has 0 unspecified atom stereocenters. The third kappa shape index (κ3) is 9.09. The molecule has 0 aliphatic carbocycles. The molecule has 1 atom stereocenters. The van der Waals surface area contributed by atoms with E-state index in [2.05, 4.69) is 51.2 Å². The summed E-state index contributed by atoms with van der Waals surface area (Å²) in [6, 6.07) is 18.8. The molecule has 12 heteroatoms. The van der Waals surface area contributed by atoms with E-state index in [1.54, 1.807) is 30.3 Å². The number of hydrogen-bond acceptors (Lipinski definition) is 8. The number of nitrogens with zero attached hydrogens (tertiary/aromatic N) is 4. The topological polar surface area (TPSA) is 125 Å². The third-order valence-electron chi connectivity index (χ3n) is 10.8. The summed E-state index contributed by atoms with van der Waals surface area (Å²) in [5.41, 5.74) is 8.35. The first kappa shape index (κ1) is 39.1. The summed E-state index contributed by atoms with van der Waals surface area (Å²) in [5.74, 6) is -0.922. The van der Waals surface area contributed by atoms with Crippen LogP contribution in [0.2, 0.25) is 0 Å². The molecular weight excluding hydrogens is 708 g/mol. The fraction of sp³-hybridized carbons (Fsp3) is 0.409. The maximum Gasteiger partial charge on any atom is 0.251 e. The van der Waals surface area contributed by atoms with Crippen LogP contribution in [0.4, 0.5) is 10.1 Å². The van der Waals surface area contributed by atoms with Crippen LogP contribution in [0, 0.1) is 12.7 Å². The smallest absolute Gasteiger partial charge is 0.251 e. The monoisotopic (exact) mass is 760 g/mol. The number of ether oxygens (including phenoxy) is 1. The van der Waals surface area contributed by atoms with E-state index >= 15 is 4.39 Å². The van der Waals surface area contributed by atoms with Crippen LogP contribution in [0.1, 0.15) is 82.3 Å². The first-order valence-electron chi connectivity index (χ1n) is 19.9. The van der Waals surface area contributed by atoms with Gasteiger partial charge in [-0.05, 0) is 98.7 Å². The number of rotatable bonds is 13. The molecule has 2 aliphatic heterocycles. The SMILES string of the molecule is CCc1nc2c(cnn2CC)c(NC2CCOCC2)c1CNC(=O)c1cc(C)cc(C(=O)NCc2ccc(F)c(-c3cccc(CN4CCN[C@@H](C)C4)c3)c2)c1. The second-order valence-electron chi connectivity index (χ2n) is 15.1. The Morgan fingerprint density at radius 2 is 1.73 bits per heavy atom. The average molecular weight is 761 g/mol. The molecule has 4 heterocycles. The maximum absolute atomic E-state index is 15.2. The Labute approximate surface area is 328 Å². The van der Waals surface area contributed by atoms with Crippen LogP contribution in [0.5, 0.6) is 0 Å². The second-order valence-corrected chi connectivity index (χ2v) is 15.1. The van der Waals surface area contributed by atoms with Gasteiger partial charge in [0, 0.05) is 99.1 Å². The molecule has 294 valence electrons. The number of nitrogens with one attached hydrogen (secondary N) is 4. The Bertz CT molecular complexity index is 2200. The number of piperazine rings is 1. The van der Waals surface area contributed by atoms with Crippen LogP contribution in [-0.2, 0) is 37.3 Å². The zero-order valence-electron chi connectivity index (χ0n) is 32.9. The molecule has 2 amide bonds. The van der Waals surface area contributed by atoms with Gasteiger partial charge >= 0.3 is 0 Å². The Hall–Kier alpha value is -5.17. The Balaban J connectivity index is 1.04. The molecule has 7 rings (SSSR count). The lowest BCUT2D eigenvalue weighted by atomic mass is 10.00. The van der Waals surface area contributed by atoms with Crippen molar-refractivity contribution < 1.29 is 18.7 Å². The highest BCUT2D eigenvalue weighted by Crippen LogP contribution is 2.32. The van der Waals surface area contributed by atoms with Gasteiger partial charge in [-0.2, -0.15) is 5.10 Å². The number of carbonyl (C=O) groups excluding carboxylic acids is 2. The first-order chi connectivity index (χ1) is 27.2. The number of aromatic nitrogens is 3. The van der Waals surface area contributed by atoms with Crippen molar-refractivity contribution in [1.29, 1.82) is 0 Å². The highest BCUT2D eigenvalue weighted by Gasteiger charge is 2.23. The van der Waals surface area contributed by atoms with Crippen molar-refractivity contribution >= 4 is 28.5 Å². The summed E-state index contributed by atoms with van der Waals surface area (Å²) in [7, 11) is 0. The van der Waals surface area contributed by atoms with E-state index in [4.69, 9.17) is 9.72 Å². The van der Waals surface area contributed by atoms with Crippen LogP contribution < -0.4 is 21.3 Å². The van der Waals surface area contributed by atoms with Gasteiger partial charge in [-0.25, -0.2) is 14.1 Å². The number of carbonyl (C=O) groups is 2. The van der Waals surface area contributed by atoms with Gasteiger partial charge in [0.2, 0.25) is 0 Å². The standard InChI is InChI=1S/C44H53FN8O3/c1-5-40-37(41(50-35-12-16-56-17-13-35)38-25-49-53(6-2)42(38)51-40)24-48-44(55)34-19-28(3)18-33(22-34)43(54)47-23-30-10-11-39(45)36(21-30)32-9-7-8-31(20-32)27-52-15-14-46-29(4)26-52/h7-11,18-22,25,29,35,46H,5-6,12-17,23-24,26-27H2,1-4H3,(H,47,54)(H,48,55)(H,50,51)/t29-/m0/s1. The van der Waals surface area contributed by atoms with Crippen molar-refractivity contribution in [1.82, 2.24) is 35.6 Å². The molecule has 0 saturated carbocycles. The van der Waals surface area contributed by atoms with E-state index in [0.29, 0.717) is 48.9 Å². The van der Waals surface area contributed by atoms with Crippen LogP contribution >= 0.6 is 0 Å². The second kappa shape index (κ2) is 17.7. The molecule has 0 spiro atoms. The largest absolute Gasteiger partial charge is 0.381 e. The summed E-state index contributed by atoms with van der Waals surface area (Å²) >= 11 is 0. The van der Waals surface area contributed by atoms with Crippen molar-refractivity contribution in [3.8, 4) is 11.1 Å². The molecule has 3 aromatic carbocycles. The van der Waals surface area contributed by atoms with Gasteiger partial charge in [0.15, 0.2) is 5.65 Å². The number of benzene rings is 3. The quantitative estimate of drug-likeness (QED) is 0.109. The van der Waals surface area contributed by atoms with Crippen molar-refractivity contribution in [2.75, 3.05) is 38.2 Å². The molecule has 2 aromatic heterocycles. The van der Waals surface area contributed by atoms with Crippen molar-refractivity contribution in [3.05, 3.63) is 112 Å². The fourth-order valence-corrected chi connectivity index (χ4v) is 7.86. The van der Waals surface area contributed by atoms with Crippen LogP contribution in [-0.4, -0.2) is 76.4 Å². The minimum absolute atomic E-state index is 0.201. The molecule has 2 fully saturated rings. The number of amides is 2. The lowest BCUT2D eigenvalue weighted by Gasteiger charge is -2.31. The molecule has 11 nitrogen and oxygen atoms in total.